The minimum Gasteiger partial charge on any atom is -0.302 e. The van der Waals surface area contributed by atoms with Crippen LogP contribution in [0.4, 0.5) is 3.89 Å². The minimum atomic E-state index is -2.27. The monoisotopic (exact) mass is 216 g/mol. The summed E-state index contributed by atoms with van der Waals surface area (Å²) in [7, 11) is -2.27. The van der Waals surface area contributed by atoms with E-state index in [2.05, 4.69) is 0 Å². The Morgan fingerprint density at radius 2 is 2.07 bits per heavy atom. The van der Waals surface area contributed by atoms with Crippen LogP contribution >= 0.6 is 10.4 Å². The molecule has 78 valence electrons. The Bertz CT molecular complexity index is 274. The highest BCUT2D eigenvalue weighted by Gasteiger charge is 2.26. The molecule has 0 radical (unpaired) electrons. The van der Waals surface area contributed by atoms with Crippen LogP contribution in [0.15, 0.2) is 0 Å². The van der Waals surface area contributed by atoms with Gasteiger partial charge in [-0.2, -0.15) is 14.4 Å². The van der Waals surface area contributed by atoms with E-state index in [-0.39, 0.29) is 12.2 Å². The number of rotatable bonds is 5. The smallest absolute Gasteiger partial charge is 0.137 e. The predicted octanol–water partition coefficient (Wildman–Crippen LogP) is 1.80. The van der Waals surface area contributed by atoms with E-state index < -0.39 is 22.2 Å². The molecule has 0 aromatic heterocycles. The fourth-order valence-electron chi connectivity index (χ4n) is 1.16. The molecule has 0 heterocycles. The average molecular weight is 216 g/mol. The molecule has 3 nitrogen and oxygen atoms in total. The Labute approximate surface area is 85.1 Å². The van der Waals surface area contributed by atoms with Gasteiger partial charge in [0.15, 0.2) is 0 Å². The molecule has 0 saturated carbocycles. The third kappa shape index (κ3) is 4.84. The lowest BCUT2D eigenvalue weighted by atomic mass is 9.94. The van der Waals surface area contributed by atoms with E-state index in [0.717, 1.165) is 0 Å². The summed E-state index contributed by atoms with van der Waals surface area (Å²) in [6, 6.07) is 3.66. The van der Waals surface area contributed by atoms with E-state index in [1.807, 2.05) is 6.07 Å². The van der Waals surface area contributed by atoms with Gasteiger partial charge in [-0.1, -0.05) is 10.4 Å². The van der Waals surface area contributed by atoms with Crippen LogP contribution in [-0.4, -0.2) is 24.6 Å². The van der Waals surface area contributed by atoms with Crippen molar-refractivity contribution < 1.29 is 8.68 Å². The molecule has 0 aliphatic rings. The van der Waals surface area contributed by atoms with Crippen molar-refractivity contribution in [3.8, 4) is 12.1 Å². The summed E-state index contributed by atoms with van der Waals surface area (Å²) in [5.41, 5.74) is 0. The fourth-order valence-corrected chi connectivity index (χ4v) is 2.51. The first-order chi connectivity index (χ1) is 6.44. The maximum atomic E-state index is 13.3. The zero-order valence-electron chi connectivity index (χ0n) is 8.24. The number of carbonyl (C=O) groups excluding carboxylic acids is 1. The molecular weight excluding hydrogens is 203 g/mol. The highest BCUT2D eigenvalue weighted by molar-refractivity contribution is 8.28. The molecule has 0 saturated heterocycles. The van der Waals surface area contributed by atoms with Crippen LogP contribution in [-0.2, 0) is 4.79 Å². The van der Waals surface area contributed by atoms with Gasteiger partial charge in [0.05, 0.1) is 12.1 Å². The lowest BCUT2D eigenvalue weighted by Crippen LogP contribution is -2.20. The SMILES string of the molecule is CS(C)(F)CC(CC#N)C(C#N)C=O. The molecule has 0 aromatic carbocycles. The predicted molar refractivity (Wildman–Crippen MR) is 54.3 cm³/mol. The van der Waals surface area contributed by atoms with E-state index in [9.17, 15) is 8.68 Å². The highest BCUT2D eigenvalue weighted by Crippen LogP contribution is 2.44. The molecule has 2 atom stereocenters. The topological polar surface area (TPSA) is 64.7 Å². The average Bonchev–Trinajstić information content (AvgIpc) is 2.04. The molecule has 5 heteroatoms. The highest BCUT2D eigenvalue weighted by atomic mass is 32.3. The molecule has 0 aliphatic heterocycles. The quantitative estimate of drug-likeness (QED) is 0.658. The van der Waals surface area contributed by atoms with E-state index in [4.69, 9.17) is 10.5 Å². The second-order valence-electron chi connectivity index (χ2n) is 3.48. The second-order valence-corrected chi connectivity index (χ2v) is 6.62. The molecule has 14 heavy (non-hydrogen) atoms. The molecule has 0 aromatic rings. The first-order valence-electron chi connectivity index (χ1n) is 4.07. The molecular formula is C9H13FN2OS. The van der Waals surface area contributed by atoms with Gasteiger partial charge in [-0.3, -0.25) is 0 Å². The summed E-state index contributed by atoms with van der Waals surface area (Å²) >= 11 is 0. The lowest BCUT2D eigenvalue weighted by molar-refractivity contribution is -0.110. The van der Waals surface area contributed by atoms with Crippen LogP contribution in [0.1, 0.15) is 6.42 Å². The number of aldehydes is 1. The van der Waals surface area contributed by atoms with Gasteiger partial charge in [0.2, 0.25) is 0 Å². The Morgan fingerprint density at radius 3 is 2.36 bits per heavy atom. The van der Waals surface area contributed by atoms with Crippen LogP contribution in [0.2, 0.25) is 0 Å². The van der Waals surface area contributed by atoms with Crippen molar-refractivity contribution in [3.05, 3.63) is 0 Å². The largest absolute Gasteiger partial charge is 0.302 e. The lowest BCUT2D eigenvalue weighted by Gasteiger charge is -2.25. The van der Waals surface area contributed by atoms with Crippen LogP contribution < -0.4 is 0 Å². The Hall–Kier alpha value is -1.07. The summed E-state index contributed by atoms with van der Waals surface area (Å²) in [6.07, 6.45) is 3.46. The van der Waals surface area contributed by atoms with E-state index in [1.54, 1.807) is 6.07 Å². The van der Waals surface area contributed by atoms with Gasteiger partial charge in [0.1, 0.15) is 12.2 Å². The molecule has 0 aliphatic carbocycles. The van der Waals surface area contributed by atoms with Crippen molar-refractivity contribution >= 4 is 16.7 Å². The van der Waals surface area contributed by atoms with Crippen molar-refractivity contribution in [2.45, 2.75) is 6.42 Å². The number of nitrogens with zero attached hydrogens (tertiary/aromatic N) is 2. The van der Waals surface area contributed by atoms with Gasteiger partial charge in [0.25, 0.3) is 0 Å². The van der Waals surface area contributed by atoms with Crippen molar-refractivity contribution in [2.24, 2.45) is 11.8 Å². The van der Waals surface area contributed by atoms with Crippen LogP contribution in [0, 0.1) is 34.5 Å². The third-order valence-electron chi connectivity index (χ3n) is 1.77. The maximum absolute atomic E-state index is 13.3. The zero-order chi connectivity index (χ0) is 11.2. The summed E-state index contributed by atoms with van der Waals surface area (Å²) in [5.74, 6) is -1.20. The van der Waals surface area contributed by atoms with Gasteiger partial charge in [0, 0.05) is 18.1 Å². The Morgan fingerprint density at radius 1 is 1.50 bits per heavy atom. The van der Waals surface area contributed by atoms with Gasteiger partial charge in [-0.15, -0.1) is 0 Å². The van der Waals surface area contributed by atoms with Crippen molar-refractivity contribution in [1.29, 1.82) is 10.5 Å². The maximum Gasteiger partial charge on any atom is 0.137 e. The van der Waals surface area contributed by atoms with Gasteiger partial charge < -0.3 is 4.79 Å². The third-order valence-corrected chi connectivity index (χ3v) is 2.99. The molecule has 0 rings (SSSR count). The van der Waals surface area contributed by atoms with Crippen LogP contribution in [0.25, 0.3) is 0 Å². The number of carbonyl (C=O) groups is 1. The number of hydrogen-bond acceptors (Lipinski definition) is 3. The number of nitriles is 2. The molecule has 0 spiro atoms. The van der Waals surface area contributed by atoms with Gasteiger partial charge >= 0.3 is 0 Å². The summed E-state index contributed by atoms with van der Waals surface area (Å²) in [6.45, 7) is 0. The normalized spacial score (nSPS) is 16.1. The first kappa shape index (κ1) is 12.9. The van der Waals surface area contributed by atoms with Crippen LogP contribution in [0.5, 0.6) is 0 Å². The fraction of sp³-hybridized carbons (Fsp3) is 0.667. The van der Waals surface area contributed by atoms with Crippen molar-refractivity contribution in [3.63, 3.8) is 0 Å². The van der Waals surface area contributed by atoms with Gasteiger partial charge in [-0.25, -0.2) is 0 Å². The van der Waals surface area contributed by atoms with Crippen molar-refractivity contribution in [2.75, 3.05) is 18.3 Å². The molecule has 0 fully saturated rings. The second kappa shape index (κ2) is 5.62. The Balaban J connectivity index is 4.53. The minimum absolute atomic E-state index is 0.0529. The summed E-state index contributed by atoms with van der Waals surface area (Å²) in [5, 5.41) is 17.1. The van der Waals surface area contributed by atoms with Gasteiger partial charge in [-0.05, 0) is 12.5 Å². The van der Waals surface area contributed by atoms with E-state index in [1.165, 1.54) is 12.5 Å². The van der Waals surface area contributed by atoms with Crippen LogP contribution in [0.3, 0.4) is 0 Å². The van der Waals surface area contributed by atoms with E-state index >= 15 is 0 Å². The van der Waals surface area contributed by atoms with E-state index in [0.29, 0.717) is 6.29 Å². The molecule has 0 N–H and O–H groups in total. The molecule has 0 bridgehead atoms. The molecule has 0 amide bonds. The standard InChI is InChI=1S/C9H13FN2OS/c1-14(2,10)7-8(3-4-11)9(5-12)6-13/h6,8-9H,3,7H2,1-2H3. The zero-order valence-corrected chi connectivity index (χ0v) is 9.05. The van der Waals surface area contributed by atoms with Crippen molar-refractivity contribution in [1.82, 2.24) is 0 Å². The Kier molecular flexibility index (Phi) is 5.19. The first-order valence-corrected chi connectivity index (χ1v) is 6.59. The summed E-state index contributed by atoms with van der Waals surface area (Å²) in [4.78, 5) is 10.5. The molecule has 2 unspecified atom stereocenters. The number of halogens is 1. The number of hydrogen-bond donors (Lipinski definition) is 0. The summed E-state index contributed by atoms with van der Waals surface area (Å²) < 4.78 is 13.3.